The summed E-state index contributed by atoms with van der Waals surface area (Å²) in [5.41, 5.74) is 2.54. The summed E-state index contributed by atoms with van der Waals surface area (Å²) in [6.45, 7) is 2.94. The van der Waals surface area contributed by atoms with Crippen molar-refractivity contribution in [3.05, 3.63) is 53.6 Å². The summed E-state index contributed by atoms with van der Waals surface area (Å²) in [4.78, 5) is 12.5. The first-order valence-electron chi connectivity index (χ1n) is 9.43. The second kappa shape index (κ2) is 8.02. The lowest BCUT2D eigenvalue weighted by molar-refractivity contribution is -0.116. The highest BCUT2D eigenvalue weighted by Gasteiger charge is 2.34. The first kappa shape index (κ1) is 19.7. The quantitative estimate of drug-likeness (QED) is 0.805. The number of hydrogen-bond donors (Lipinski definition) is 1. The lowest BCUT2D eigenvalue weighted by atomic mass is 10.1. The van der Waals surface area contributed by atoms with Crippen LogP contribution in [0.4, 0.5) is 5.69 Å². The van der Waals surface area contributed by atoms with Gasteiger partial charge in [0.05, 0.1) is 6.54 Å². The van der Waals surface area contributed by atoms with Crippen LogP contribution >= 0.6 is 0 Å². The molecule has 9 heteroatoms. The lowest BCUT2D eigenvalue weighted by Gasteiger charge is -2.34. The van der Waals surface area contributed by atoms with Gasteiger partial charge in [0.1, 0.15) is 0 Å². The SMILES string of the molecule is Cc1ccccc1CN1CCCN(CC(=O)Nc2ccc3c(c2)OCO3)S1(=O)=O. The fourth-order valence-electron chi connectivity index (χ4n) is 3.45. The van der Waals surface area contributed by atoms with Crippen molar-refractivity contribution >= 4 is 21.8 Å². The molecule has 2 heterocycles. The molecule has 2 aromatic carbocycles. The number of benzene rings is 2. The largest absolute Gasteiger partial charge is 0.454 e. The van der Waals surface area contributed by atoms with Gasteiger partial charge in [0.15, 0.2) is 11.5 Å². The van der Waals surface area contributed by atoms with Crippen LogP contribution in [0.2, 0.25) is 0 Å². The zero-order valence-corrected chi connectivity index (χ0v) is 16.9. The Morgan fingerprint density at radius 2 is 1.83 bits per heavy atom. The molecule has 0 spiro atoms. The van der Waals surface area contributed by atoms with Crippen LogP contribution in [0.1, 0.15) is 17.5 Å². The number of carbonyl (C=O) groups is 1. The van der Waals surface area contributed by atoms with Crippen LogP contribution in [-0.2, 0) is 21.5 Å². The van der Waals surface area contributed by atoms with E-state index < -0.39 is 16.1 Å². The maximum atomic E-state index is 13.0. The summed E-state index contributed by atoms with van der Waals surface area (Å²) in [5, 5.41) is 2.73. The number of aryl methyl sites for hydroxylation is 1. The van der Waals surface area contributed by atoms with E-state index in [9.17, 15) is 13.2 Å². The van der Waals surface area contributed by atoms with Crippen molar-refractivity contribution in [3.63, 3.8) is 0 Å². The fraction of sp³-hybridized carbons (Fsp3) is 0.350. The minimum absolute atomic E-state index is 0.148. The molecule has 2 aromatic rings. The third-order valence-corrected chi connectivity index (χ3v) is 6.98. The van der Waals surface area contributed by atoms with E-state index in [1.807, 2.05) is 31.2 Å². The van der Waals surface area contributed by atoms with Crippen LogP contribution in [0.5, 0.6) is 11.5 Å². The Morgan fingerprint density at radius 1 is 1.07 bits per heavy atom. The van der Waals surface area contributed by atoms with Gasteiger partial charge < -0.3 is 14.8 Å². The van der Waals surface area contributed by atoms with Crippen LogP contribution < -0.4 is 14.8 Å². The average molecular weight is 417 g/mol. The van der Waals surface area contributed by atoms with Crippen molar-refractivity contribution in [2.24, 2.45) is 0 Å². The predicted octanol–water partition coefficient (Wildman–Crippen LogP) is 2.11. The summed E-state index contributed by atoms with van der Waals surface area (Å²) >= 11 is 0. The Bertz CT molecular complexity index is 1020. The van der Waals surface area contributed by atoms with E-state index in [2.05, 4.69) is 5.32 Å². The number of anilines is 1. The zero-order chi connectivity index (χ0) is 20.4. The predicted molar refractivity (Wildman–Crippen MR) is 108 cm³/mol. The highest BCUT2D eigenvalue weighted by atomic mass is 32.2. The Hall–Kier alpha value is -2.62. The molecule has 2 aliphatic heterocycles. The highest BCUT2D eigenvalue weighted by Crippen LogP contribution is 2.34. The van der Waals surface area contributed by atoms with Crippen LogP contribution in [0.15, 0.2) is 42.5 Å². The first-order valence-corrected chi connectivity index (χ1v) is 10.8. The normalized spacial score (nSPS) is 18.5. The second-order valence-corrected chi connectivity index (χ2v) is 9.00. The number of nitrogens with one attached hydrogen (secondary N) is 1. The molecule has 0 unspecified atom stereocenters. The molecule has 1 fully saturated rings. The molecule has 1 N–H and O–H groups in total. The van der Waals surface area contributed by atoms with E-state index in [4.69, 9.17) is 9.47 Å². The van der Waals surface area contributed by atoms with Gasteiger partial charge in [-0.05, 0) is 36.6 Å². The smallest absolute Gasteiger partial charge is 0.282 e. The van der Waals surface area contributed by atoms with Gasteiger partial charge in [-0.3, -0.25) is 4.79 Å². The molecule has 0 atom stereocenters. The number of rotatable bonds is 5. The molecule has 2 aliphatic rings. The van der Waals surface area contributed by atoms with Crippen molar-refractivity contribution in [2.75, 3.05) is 31.7 Å². The van der Waals surface area contributed by atoms with Gasteiger partial charge in [-0.1, -0.05) is 24.3 Å². The van der Waals surface area contributed by atoms with Crippen molar-refractivity contribution in [3.8, 4) is 11.5 Å². The van der Waals surface area contributed by atoms with Gasteiger partial charge >= 0.3 is 0 Å². The lowest BCUT2D eigenvalue weighted by Crippen LogP contribution is -2.51. The van der Waals surface area contributed by atoms with Crippen molar-refractivity contribution < 1.29 is 22.7 Å². The molecule has 1 saturated heterocycles. The van der Waals surface area contributed by atoms with Gasteiger partial charge in [0.2, 0.25) is 12.7 Å². The maximum Gasteiger partial charge on any atom is 0.282 e. The van der Waals surface area contributed by atoms with Crippen molar-refractivity contribution in [1.29, 1.82) is 0 Å². The molecule has 0 saturated carbocycles. The number of carbonyl (C=O) groups excluding carboxylic acids is 1. The van der Waals surface area contributed by atoms with E-state index >= 15 is 0 Å². The Morgan fingerprint density at radius 3 is 2.66 bits per heavy atom. The molecule has 4 rings (SSSR count). The van der Waals surface area contributed by atoms with E-state index in [-0.39, 0.29) is 13.3 Å². The summed E-state index contributed by atoms with van der Waals surface area (Å²) in [7, 11) is -3.72. The molecule has 0 radical (unpaired) electrons. The summed E-state index contributed by atoms with van der Waals surface area (Å²) in [5.74, 6) is 0.774. The molecule has 8 nitrogen and oxygen atoms in total. The van der Waals surface area contributed by atoms with Crippen LogP contribution in [0, 0.1) is 6.92 Å². The summed E-state index contributed by atoms with van der Waals surface area (Å²) in [6, 6.07) is 12.8. The average Bonchev–Trinajstić information content (AvgIpc) is 3.14. The first-order chi connectivity index (χ1) is 13.9. The highest BCUT2D eigenvalue weighted by molar-refractivity contribution is 7.86. The fourth-order valence-corrected chi connectivity index (χ4v) is 5.08. The maximum absolute atomic E-state index is 13.0. The van der Waals surface area contributed by atoms with E-state index in [0.717, 1.165) is 11.1 Å². The van der Waals surface area contributed by atoms with Gasteiger partial charge in [-0.2, -0.15) is 17.0 Å². The minimum atomic E-state index is -3.72. The molecular weight excluding hydrogens is 394 g/mol. The number of amides is 1. The van der Waals surface area contributed by atoms with Crippen LogP contribution in [-0.4, -0.2) is 49.4 Å². The summed E-state index contributed by atoms with van der Waals surface area (Å²) in [6.07, 6.45) is 0.669. The number of nitrogens with zero attached hydrogens (tertiary/aromatic N) is 2. The zero-order valence-electron chi connectivity index (χ0n) is 16.1. The van der Waals surface area contributed by atoms with Crippen molar-refractivity contribution in [1.82, 2.24) is 8.61 Å². The topological polar surface area (TPSA) is 88.2 Å². The van der Waals surface area contributed by atoms with Gasteiger partial charge in [-0.15, -0.1) is 0 Å². The van der Waals surface area contributed by atoms with E-state index in [1.165, 1.54) is 8.61 Å². The van der Waals surface area contributed by atoms with Crippen LogP contribution in [0.25, 0.3) is 0 Å². The summed E-state index contributed by atoms with van der Waals surface area (Å²) < 4.78 is 39.2. The molecule has 0 aliphatic carbocycles. The molecule has 1 amide bonds. The van der Waals surface area contributed by atoms with Crippen LogP contribution in [0.3, 0.4) is 0 Å². The van der Waals surface area contributed by atoms with E-state index in [1.54, 1.807) is 18.2 Å². The molecule has 154 valence electrons. The molecular formula is C20H23N3O5S. The standard InChI is InChI=1S/C20H23N3O5S/c1-15-5-2-3-6-16(15)12-22-9-4-10-23(29(22,25)26)13-20(24)21-17-7-8-18-19(11-17)28-14-27-18/h2-3,5-8,11H,4,9-10,12-14H2,1H3,(H,21,24). The molecule has 0 bridgehead atoms. The Kier molecular flexibility index (Phi) is 5.44. The monoisotopic (exact) mass is 417 g/mol. The third kappa shape index (κ3) is 4.21. The number of fused-ring (bicyclic) bond motifs is 1. The van der Waals surface area contributed by atoms with Crippen molar-refractivity contribution in [2.45, 2.75) is 19.9 Å². The molecule has 0 aromatic heterocycles. The van der Waals surface area contributed by atoms with Gasteiger partial charge in [0, 0.05) is 31.4 Å². The number of ether oxygens (including phenoxy) is 2. The Balaban J connectivity index is 1.42. The minimum Gasteiger partial charge on any atom is -0.454 e. The Labute approximate surface area is 170 Å². The third-order valence-electron chi connectivity index (χ3n) is 5.05. The van der Waals surface area contributed by atoms with E-state index in [0.29, 0.717) is 43.2 Å². The van der Waals surface area contributed by atoms with Gasteiger partial charge in [0.25, 0.3) is 10.2 Å². The second-order valence-electron chi connectivity index (χ2n) is 7.07. The molecule has 29 heavy (non-hydrogen) atoms. The number of hydrogen-bond acceptors (Lipinski definition) is 5. The van der Waals surface area contributed by atoms with Gasteiger partial charge in [-0.25, -0.2) is 0 Å².